The molecule has 2 amide bonds. The Morgan fingerprint density at radius 3 is 2.71 bits per heavy atom. The zero-order chi connectivity index (χ0) is 15.8. The number of nitrogens with zero attached hydrogens (tertiary/aromatic N) is 1. The fraction of sp³-hybridized carbons (Fsp3) is 0.333. The van der Waals surface area contributed by atoms with E-state index in [4.69, 9.17) is 15.6 Å². The lowest BCUT2D eigenvalue weighted by Crippen LogP contribution is -2.23. The summed E-state index contributed by atoms with van der Waals surface area (Å²) in [5.41, 5.74) is 5.25. The summed E-state index contributed by atoms with van der Waals surface area (Å²) in [7, 11) is 0. The second kappa shape index (κ2) is 7.68. The minimum Gasteiger partial charge on any atom is -0.493 e. The molecule has 0 aromatic heterocycles. The van der Waals surface area contributed by atoms with Crippen molar-refractivity contribution in [3.63, 3.8) is 0 Å². The topological polar surface area (TPSA) is 145 Å². The van der Waals surface area contributed by atoms with Gasteiger partial charge in [-0.25, -0.2) is 4.79 Å². The molecule has 0 saturated heterocycles. The monoisotopic (exact) mass is 297 g/mol. The molecule has 0 heterocycles. The van der Waals surface area contributed by atoms with Crippen LogP contribution in [0, 0.1) is 10.1 Å². The van der Waals surface area contributed by atoms with Gasteiger partial charge in [0.15, 0.2) is 0 Å². The summed E-state index contributed by atoms with van der Waals surface area (Å²) in [6.07, 6.45) is -0.885. The minimum atomic E-state index is -1.13. The molecule has 21 heavy (non-hydrogen) atoms. The van der Waals surface area contributed by atoms with Crippen LogP contribution in [-0.4, -0.2) is 35.2 Å². The summed E-state index contributed by atoms with van der Waals surface area (Å²) in [6.45, 7) is 0.414. The highest BCUT2D eigenvalue weighted by molar-refractivity contribution is 5.77. The Morgan fingerprint density at radius 1 is 1.43 bits per heavy atom. The molecule has 0 aliphatic heterocycles. The highest BCUT2D eigenvalue weighted by Gasteiger charge is 2.13. The predicted octanol–water partition coefficient (Wildman–Crippen LogP) is 0.659. The molecular weight excluding hydrogens is 282 g/mol. The number of hydrogen-bond donors (Lipinski definition) is 3. The fourth-order valence-corrected chi connectivity index (χ4v) is 1.60. The van der Waals surface area contributed by atoms with E-state index in [9.17, 15) is 19.7 Å². The van der Waals surface area contributed by atoms with Gasteiger partial charge in [-0.05, 0) is 12.5 Å². The van der Waals surface area contributed by atoms with E-state index in [1.165, 1.54) is 18.2 Å². The number of nitro groups is 1. The molecule has 1 aromatic carbocycles. The number of nitrogens with two attached hydrogens (primary N) is 1. The van der Waals surface area contributed by atoms with Crippen LogP contribution >= 0.6 is 0 Å². The zero-order valence-electron chi connectivity index (χ0n) is 11.1. The first-order valence-corrected chi connectivity index (χ1v) is 6.05. The lowest BCUT2D eigenvalue weighted by molar-refractivity contribution is -0.384. The maximum Gasteiger partial charge on any atom is 0.404 e. The minimum absolute atomic E-state index is 0.161. The smallest absolute Gasteiger partial charge is 0.404 e. The van der Waals surface area contributed by atoms with Gasteiger partial charge < -0.3 is 20.9 Å². The van der Waals surface area contributed by atoms with Gasteiger partial charge in [0, 0.05) is 24.2 Å². The Balaban J connectivity index is 2.69. The van der Waals surface area contributed by atoms with Crippen LogP contribution < -0.4 is 15.8 Å². The number of carbonyl (C=O) groups excluding carboxylic acids is 1. The number of carbonyl (C=O) groups is 2. The van der Waals surface area contributed by atoms with Gasteiger partial charge >= 0.3 is 6.09 Å². The molecule has 114 valence electrons. The van der Waals surface area contributed by atoms with Crippen molar-refractivity contribution >= 4 is 17.7 Å². The first-order chi connectivity index (χ1) is 9.90. The number of nitro benzene ring substituents is 1. The SMILES string of the molecule is NC(=O)Cc1cc([N+](=O)[O-])ccc1OCCCNC(=O)O. The molecule has 0 saturated carbocycles. The second-order valence-electron chi connectivity index (χ2n) is 4.13. The molecule has 1 rings (SSSR count). The van der Waals surface area contributed by atoms with E-state index in [1.807, 2.05) is 0 Å². The molecule has 0 bridgehead atoms. The lowest BCUT2D eigenvalue weighted by Gasteiger charge is -2.10. The van der Waals surface area contributed by atoms with Crippen molar-refractivity contribution in [2.75, 3.05) is 13.2 Å². The van der Waals surface area contributed by atoms with Crippen molar-refractivity contribution in [2.45, 2.75) is 12.8 Å². The van der Waals surface area contributed by atoms with Gasteiger partial charge in [0.2, 0.25) is 5.91 Å². The Morgan fingerprint density at radius 2 is 2.14 bits per heavy atom. The van der Waals surface area contributed by atoms with Crippen LogP contribution in [0.4, 0.5) is 10.5 Å². The molecule has 9 heteroatoms. The second-order valence-corrected chi connectivity index (χ2v) is 4.13. The summed E-state index contributed by atoms with van der Waals surface area (Å²) in [6, 6.07) is 3.88. The van der Waals surface area contributed by atoms with Crippen molar-refractivity contribution < 1.29 is 24.4 Å². The number of ether oxygens (including phenoxy) is 1. The van der Waals surface area contributed by atoms with E-state index < -0.39 is 16.9 Å². The van der Waals surface area contributed by atoms with Crippen LogP contribution in [0.5, 0.6) is 5.75 Å². The van der Waals surface area contributed by atoms with Crippen molar-refractivity contribution in [3.8, 4) is 5.75 Å². The average Bonchev–Trinajstić information content (AvgIpc) is 2.38. The number of nitrogens with one attached hydrogen (secondary N) is 1. The number of rotatable bonds is 8. The van der Waals surface area contributed by atoms with Crippen molar-refractivity contribution in [2.24, 2.45) is 5.73 Å². The van der Waals surface area contributed by atoms with E-state index in [0.29, 0.717) is 17.7 Å². The van der Waals surface area contributed by atoms with Gasteiger partial charge in [0.05, 0.1) is 18.0 Å². The number of benzene rings is 1. The fourth-order valence-electron chi connectivity index (χ4n) is 1.60. The van der Waals surface area contributed by atoms with Gasteiger partial charge in [-0.15, -0.1) is 0 Å². The highest BCUT2D eigenvalue weighted by Crippen LogP contribution is 2.24. The summed E-state index contributed by atoms with van der Waals surface area (Å²) in [5, 5.41) is 21.3. The van der Waals surface area contributed by atoms with Crippen molar-refractivity contribution in [1.29, 1.82) is 0 Å². The van der Waals surface area contributed by atoms with E-state index in [1.54, 1.807) is 0 Å². The summed E-state index contributed by atoms with van der Waals surface area (Å²) < 4.78 is 5.39. The van der Waals surface area contributed by atoms with E-state index in [-0.39, 0.29) is 25.3 Å². The third-order valence-electron chi connectivity index (χ3n) is 2.47. The molecule has 0 fully saturated rings. The molecule has 0 spiro atoms. The third-order valence-corrected chi connectivity index (χ3v) is 2.47. The van der Waals surface area contributed by atoms with Gasteiger partial charge in [0.1, 0.15) is 5.75 Å². The normalized spacial score (nSPS) is 9.90. The Hall–Kier alpha value is -2.84. The predicted molar refractivity (Wildman–Crippen MR) is 72.1 cm³/mol. The van der Waals surface area contributed by atoms with Crippen LogP contribution in [0.15, 0.2) is 18.2 Å². The molecule has 0 atom stereocenters. The zero-order valence-corrected chi connectivity index (χ0v) is 11.1. The Labute approximate surface area is 119 Å². The largest absolute Gasteiger partial charge is 0.493 e. The number of primary amides is 1. The molecule has 1 aromatic rings. The molecule has 0 unspecified atom stereocenters. The standard InChI is InChI=1S/C12H15N3O6/c13-11(16)7-8-6-9(15(19)20)2-3-10(8)21-5-1-4-14-12(17)18/h2-3,6,14H,1,4-5,7H2,(H2,13,16)(H,17,18). The van der Waals surface area contributed by atoms with Crippen molar-refractivity contribution in [3.05, 3.63) is 33.9 Å². The van der Waals surface area contributed by atoms with Gasteiger partial charge in [-0.1, -0.05) is 0 Å². The quantitative estimate of drug-likeness (QED) is 0.365. The van der Waals surface area contributed by atoms with Gasteiger partial charge in [-0.3, -0.25) is 14.9 Å². The number of non-ortho nitro benzene ring substituents is 1. The molecule has 9 nitrogen and oxygen atoms in total. The molecule has 4 N–H and O–H groups in total. The number of hydrogen-bond acceptors (Lipinski definition) is 5. The molecule has 0 aliphatic rings. The maximum absolute atomic E-state index is 11.0. The number of amides is 2. The van der Waals surface area contributed by atoms with E-state index in [2.05, 4.69) is 5.32 Å². The van der Waals surface area contributed by atoms with Crippen LogP contribution in [-0.2, 0) is 11.2 Å². The molecule has 0 aliphatic carbocycles. The highest BCUT2D eigenvalue weighted by atomic mass is 16.6. The average molecular weight is 297 g/mol. The summed E-state index contributed by atoms with van der Waals surface area (Å²) >= 11 is 0. The number of carboxylic acid groups (broad SMARTS) is 1. The van der Waals surface area contributed by atoms with Crippen LogP contribution in [0.25, 0.3) is 0 Å². The van der Waals surface area contributed by atoms with Gasteiger partial charge in [-0.2, -0.15) is 0 Å². The maximum atomic E-state index is 11.0. The Bertz CT molecular complexity index is 546. The third kappa shape index (κ3) is 5.76. The van der Waals surface area contributed by atoms with Gasteiger partial charge in [0.25, 0.3) is 5.69 Å². The Kier molecular flexibility index (Phi) is 5.93. The van der Waals surface area contributed by atoms with Crippen LogP contribution in [0.2, 0.25) is 0 Å². The summed E-state index contributed by atoms with van der Waals surface area (Å²) in [4.78, 5) is 31.3. The van der Waals surface area contributed by atoms with Crippen LogP contribution in [0.1, 0.15) is 12.0 Å². The molecule has 0 radical (unpaired) electrons. The van der Waals surface area contributed by atoms with Crippen molar-refractivity contribution in [1.82, 2.24) is 5.32 Å². The summed E-state index contributed by atoms with van der Waals surface area (Å²) in [5.74, 6) is -0.317. The van der Waals surface area contributed by atoms with E-state index >= 15 is 0 Å². The van der Waals surface area contributed by atoms with Crippen LogP contribution in [0.3, 0.4) is 0 Å². The first-order valence-electron chi connectivity index (χ1n) is 6.05. The lowest BCUT2D eigenvalue weighted by atomic mass is 10.1. The van der Waals surface area contributed by atoms with E-state index in [0.717, 1.165) is 0 Å². The first kappa shape index (κ1) is 16.2. The molecular formula is C12H15N3O6.